The second-order valence-electron chi connectivity index (χ2n) is 10.8. The van der Waals surface area contributed by atoms with E-state index in [1.165, 1.54) is 44.5 Å². The first-order chi connectivity index (χ1) is 20.1. The Bertz CT molecular complexity index is 1790. The van der Waals surface area contributed by atoms with Gasteiger partial charge in [0.25, 0.3) is 0 Å². The number of benzene rings is 2. The zero-order chi connectivity index (χ0) is 27.6. The Morgan fingerprint density at radius 1 is 0.366 bits per heavy atom. The highest BCUT2D eigenvalue weighted by Crippen LogP contribution is 2.21. The molecule has 0 fully saturated rings. The Morgan fingerprint density at radius 3 is 1.05 bits per heavy atom. The minimum Gasteiger partial charge on any atom is -0.201 e. The van der Waals surface area contributed by atoms with Gasteiger partial charge in [-0.3, -0.25) is 0 Å². The van der Waals surface area contributed by atoms with Crippen molar-refractivity contribution in [2.24, 2.45) is 0 Å². The van der Waals surface area contributed by atoms with Crippen LogP contribution in [-0.2, 0) is 26.2 Å². The van der Waals surface area contributed by atoms with E-state index in [1.807, 2.05) is 0 Å². The van der Waals surface area contributed by atoms with E-state index in [1.54, 1.807) is 0 Å². The van der Waals surface area contributed by atoms with Gasteiger partial charge in [-0.1, -0.05) is 52.3 Å². The summed E-state index contributed by atoms with van der Waals surface area (Å²) in [5.41, 5.74) is 9.98. The van der Waals surface area contributed by atoms with Gasteiger partial charge >= 0.3 is 0 Å². The third-order valence-corrected chi connectivity index (χ3v) is 8.56. The van der Waals surface area contributed by atoms with Crippen LogP contribution in [0.4, 0.5) is 0 Å². The Hall–Kier alpha value is -4.48. The third kappa shape index (κ3) is 5.86. The second-order valence-corrected chi connectivity index (χ2v) is 11.6. The monoisotopic (exact) mass is 598 g/mol. The zero-order valence-corrected chi connectivity index (χ0v) is 24.4. The summed E-state index contributed by atoms with van der Waals surface area (Å²) in [6.45, 7) is 3.34. The fourth-order valence-corrected chi connectivity index (χ4v) is 5.97. The molecule has 20 heterocycles. The summed E-state index contributed by atoms with van der Waals surface area (Å²) in [5, 5.41) is 0. The predicted octanol–water partition coefficient (Wildman–Crippen LogP) is 5.44. The van der Waals surface area contributed by atoms with E-state index in [4.69, 9.17) is 0 Å². The largest absolute Gasteiger partial charge is 0.201 e. The van der Waals surface area contributed by atoms with Crippen LogP contribution >= 0.6 is 15.9 Å². The van der Waals surface area contributed by atoms with Gasteiger partial charge in [0.2, 0.25) is 0 Å². The molecule has 12 bridgehead atoms. The number of hydrogen-bond acceptors (Lipinski definition) is 0. The maximum absolute atomic E-state index is 3.83. The Kier molecular flexibility index (Phi) is 6.95. The molecule has 22 rings (SSSR count). The first-order valence-corrected chi connectivity index (χ1v) is 14.8. The molecule has 16 aliphatic heterocycles. The van der Waals surface area contributed by atoms with Gasteiger partial charge in [-0.2, -0.15) is 0 Å². The second kappa shape index (κ2) is 11.2. The molecule has 0 N–H and O–H groups in total. The fourth-order valence-electron chi connectivity index (χ4n) is 5.42. The normalized spacial score (nSPS) is 12.6. The Balaban J connectivity index is 1.21. The number of halogens is 1. The van der Waals surface area contributed by atoms with Crippen molar-refractivity contribution in [3.8, 4) is 22.3 Å². The first-order valence-electron chi connectivity index (χ1n) is 14.0. The van der Waals surface area contributed by atoms with E-state index in [2.05, 4.69) is 175 Å². The summed E-state index contributed by atoms with van der Waals surface area (Å²) >= 11 is 3.83. The van der Waals surface area contributed by atoms with Crippen LogP contribution in [0.25, 0.3) is 22.3 Å². The Morgan fingerprint density at radius 2 is 0.683 bits per heavy atom. The summed E-state index contributed by atoms with van der Waals surface area (Å²) in [7, 11) is 0. The van der Waals surface area contributed by atoms with Gasteiger partial charge in [-0.25, -0.2) is 18.3 Å². The lowest BCUT2D eigenvalue weighted by atomic mass is 10.1. The number of nitrogens with zero attached hydrogens (tertiary/aromatic N) is 4. The fraction of sp³-hybridized carbons (Fsp3) is 0.111. The number of pyridine rings is 4. The smallest absolute Gasteiger partial charge is 0.174 e. The molecule has 16 aliphatic rings. The molecule has 6 aromatic rings. The van der Waals surface area contributed by atoms with Crippen molar-refractivity contribution in [1.82, 2.24) is 0 Å². The molecule has 5 heteroatoms. The molecule has 0 atom stereocenters. The standard InChI is InChI=1S/C36H31BrN4/c37-36-23-30-5-6-35(36)27-41-21-13-34(14-22-41)32-9-17-39(18-10-32)25-29-3-1-28(2-4-29)24-38-15-7-31(8-16-38)33-11-19-40(26-30)20-12-33/h1-23H,24-27H2/q+4. The SMILES string of the molecule is Brc1cc2ccc1C[n+]1ccc(cc1)-c1cc[n+](cc1)Cc1ccc(cc1)C[n+]1ccc(cc1)-c1cc[n+](cc1)C2. The molecule has 2 aromatic carbocycles. The molecule has 4 nitrogen and oxygen atoms in total. The van der Waals surface area contributed by atoms with E-state index >= 15 is 0 Å². The van der Waals surface area contributed by atoms with Crippen LogP contribution in [0.1, 0.15) is 22.3 Å². The predicted molar refractivity (Wildman–Crippen MR) is 162 cm³/mol. The van der Waals surface area contributed by atoms with Gasteiger partial charge in [0.1, 0.15) is 0 Å². The number of aromatic nitrogens is 4. The molecule has 41 heavy (non-hydrogen) atoms. The van der Waals surface area contributed by atoms with Gasteiger partial charge < -0.3 is 0 Å². The number of hydrogen-bond donors (Lipinski definition) is 0. The molecule has 0 amide bonds. The molecule has 4 aromatic heterocycles. The third-order valence-electron chi connectivity index (χ3n) is 7.82. The maximum Gasteiger partial charge on any atom is 0.174 e. The van der Waals surface area contributed by atoms with Gasteiger partial charge in [-0.15, -0.1) is 0 Å². The minimum atomic E-state index is 0.813. The summed E-state index contributed by atoms with van der Waals surface area (Å²) in [4.78, 5) is 0. The maximum atomic E-state index is 3.83. The lowest BCUT2D eigenvalue weighted by Gasteiger charge is -2.06. The van der Waals surface area contributed by atoms with Crippen LogP contribution in [0.5, 0.6) is 0 Å². The van der Waals surface area contributed by atoms with Crippen LogP contribution in [0.15, 0.2) is 145 Å². The summed E-state index contributed by atoms with van der Waals surface area (Å²) in [6.07, 6.45) is 17.3. The average Bonchev–Trinajstić information content (AvgIpc) is 3.01. The van der Waals surface area contributed by atoms with Crippen LogP contribution < -0.4 is 18.3 Å². The minimum absolute atomic E-state index is 0.813. The van der Waals surface area contributed by atoms with Crippen LogP contribution in [-0.4, -0.2) is 0 Å². The van der Waals surface area contributed by atoms with E-state index in [-0.39, 0.29) is 0 Å². The molecule has 198 valence electrons. The van der Waals surface area contributed by atoms with E-state index in [0.717, 1.165) is 30.7 Å². The van der Waals surface area contributed by atoms with E-state index < -0.39 is 0 Å². The van der Waals surface area contributed by atoms with Crippen molar-refractivity contribution in [2.45, 2.75) is 26.2 Å². The first kappa shape index (κ1) is 25.5. The van der Waals surface area contributed by atoms with Crippen molar-refractivity contribution in [2.75, 3.05) is 0 Å². The zero-order valence-electron chi connectivity index (χ0n) is 22.8. The van der Waals surface area contributed by atoms with Crippen molar-refractivity contribution < 1.29 is 18.3 Å². The van der Waals surface area contributed by atoms with Gasteiger partial charge in [0.05, 0.1) is 0 Å². The quantitative estimate of drug-likeness (QED) is 0.207. The van der Waals surface area contributed by atoms with E-state index in [0.29, 0.717) is 0 Å². The lowest BCUT2D eigenvalue weighted by molar-refractivity contribution is -0.689. The van der Waals surface area contributed by atoms with Crippen molar-refractivity contribution in [1.29, 1.82) is 0 Å². The molecule has 0 saturated heterocycles. The van der Waals surface area contributed by atoms with Crippen molar-refractivity contribution >= 4 is 15.9 Å². The topological polar surface area (TPSA) is 15.5 Å². The summed E-state index contributed by atoms with van der Waals surface area (Å²) < 4.78 is 10.1. The lowest BCUT2D eigenvalue weighted by Crippen LogP contribution is -2.34. The van der Waals surface area contributed by atoms with Gasteiger partial charge in [-0.05, 0) is 28.3 Å². The van der Waals surface area contributed by atoms with Crippen molar-refractivity contribution in [3.63, 3.8) is 0 Å². The highest BCUT2D eigenvalue weighted by molar-refractivity contribution is 9.10. The number of rotatable bonds is 0. The molecule has 0 spiro atoms. The van der Waals surface area contributed by atoms with E-state index in [9.17, 15) is 0 Å². The average molecular weight is 600 g/mol. The highest BCUT2D eigenvalue weighted by atomic mass is 79.9. The molecular weight excluding hydrogens is 568 g/mol. The van der Waals surface area contributed by atoms with Crippen LogP contribution in [0.3, 0.4) is 0 Å². The van der Waals surface area contributed by atoms with Crippen molar-refractivity contribution in [3.05, 3.63) is 167 Å². The summed E-state index contributed by atoms with van der Waals surface area (Å²) in [6, 6.07) is 33.2. The molecule has 0 radical (unpaired) electrons. The molecule has 0 unspecified atom stereocenters. The highest BCUT2D eigenvalue weighted by Gasteiger charge is 2.13. The van der Waals surface area contributed by atoms with Gasteiger partial charge in [0.15, 0.2) is 75.8 Å². The Labute approximate surface area is 249 Å². The summed E-state index contributed by atoms with van der Waals surface area (Å²) in [5.74, 6) is 0. The van der Waals surface area contributed by atoms with Crippen LogP contribution in [0, 0.1) is 0 Å². The molecule has 0 aliphatic carbocycles. The van der Waals surface area contributed by atoms with Gasteiger partial charge in [0, 0.05) is 75.3 Å². The molecule has 0 saturated carbocycles. The molecular formula is C36H31BrN4+4. The van der Waals surface area contributed by atoms with Crippen LogP contribution in [0.2, 0.25) is 0 Å².